The van der Waals surface area contributed by atoms with Crippen molar-refractivity contribution in [2.45, 2.75) is 44.7 Å². The van der Waals surface area contributed by atoms with Crippen LogP contribution in [0.4, 0.5) is 0 Å². The van der Waals surface area contributed by atoms with Crippen molar-refractivity contribution >= 4 is 18.3 Å². The summed E-state index contributed by atoms with van der Waals surface area (Å²) in [7, 11) is 0. The fourth-order valence-corrected chi connectivity index (χ4v) is 2.55. The Kier molecular flexibility index (Phi) is 5.75. The quantitative estimate of drug-likeness (QED) is 0.854. The number of nitrogens with one attached hydrogen (secondary N) is 1. The summed E-state index contributed by atoms with van der Waals surface area (Å²) in [4.78, 5) is 16.0. The number of hydrogen-bond donors (Lipinski definition) is 2. The van der Waals surface area contributed by atoms with E-state index in [2.05, 4.69) is 15.4 Å². The van der Waals surface area contributed by atoms with Gasteiger partial charge in [-0.3, -0.25) is 9.48 Å². The highest BCUT2D eigenvalue weighted by Gasteiger charge is 2.37. The molecule has 0 aliphatic heterocycles. The number of nitrogens with two attached hydrogens (primary N) is 1. The predicted molar refractivity (Wildman–Crippen MR) is 74.8 cm³/mol. The van der Waals surface area contributed by atoms with Crippen LogP contribution in [0.3, 0.4) is 0 Å². The van der Waals surface area contributed by atoms with Crippen LogP contribution in [-0.2, 0) is 11.3 Å². The normalized spacial score (nSPS) is 26.5. The van der Waals surface area contributed by atoms with E-state index in [1.54, 1.807) is 11.0 Å². The molecule has 1 heterocycles. The van der Waals surface area contributed by atoms with Crippen LogP contribution >= 0.6 is 12.4 Å². The highest BCUT2D eigenvalue weighted by atomic mass is 35.5. The van der Waals surface area contributed by atoms with E-state index in [4.69, 9.17) is 5.73 Å². The lowest BCUT2D eigenvalue weighted by Gasteiger charge is -2.37. The topological polar surface area (TPSA) is 85.8 Å². The number of nitrogens with zero attached hydrogens (tertiary/aromatic N) is 3. The molecule has 2 unspecified atom stereocenters. The molecular formula is C12H22ClN5O. The minimum atomic E-state index is -0.365. The fourth-order valence-electron chi connectivity index (χ4n) is 2.55. The van der Waals surface area contributed by atoms with Gasteiger partial charge in [-0.05, 0) is 19.8 Å². The smallest absolute Gasteiger partial charge is 0.225 e. The largest absolute Gasteiger partial charge is 0.354 e. The zero-order valence-corrected chi connectivity index (χ0v) is 12.0. The van der Waals surface area contributed by atoms with Gasteiger partial charge in [-0.15, -0.1) is 12.4 Å². The molecule has 1 fully saturated rings. The Hall–Kier alpha value is -1.14. The van der Waals surface area contributed by atoms with Crippen molar-refractivity contribution in [3.63, 3.8) is 0 Å². The lowest BCUT2D eigenvalue weighted by Crippen LogP contribution is -2.53. The molecule has 7 heteroatoms. The Morgan fingerprint density at radius 1 is 1.58 bits per heavy atom. The zero-order chi connectivity index (χ0) is 13.0. The highest BCUT2D eigenvalue weighted by Crippen LogP contribution is 2.31. The van der Waals surface area contributed by atoms with E-state index in [9.17, 15) is 4.79 Å². The van der Waals surface area contributed by atoms with Gasteiger partial charge in [0.1, 0.15) is 12.7 Å². The number of hydrogen-bond acceptors (Lipinski definition) is 4. The number of carbonyl (C=O) groups excluding carboxylic acids is 1. The maximum Gasteiger partial charge on any atom is 0.225 e. The van der Waals surface area contributed by atoms with Gasteiger partial charge in [0.2, 0.25) is 5.91 Å². The summed E-state index contributed by atoms with van der Waals surface area (Å²) in [6, 6.07) is 0. The average Bonchev–Trinajstić information content (AvgIpc) is 2.81. The summed E-state index contributed by atoms with van der Waals surface area (Å²) in [5.41, 5.74) is 5.84. The summed E-state index contributed by atoms with van der Waals surface area (Å²) in [5, 5.41) is 6.92. The van der Waals surface area contributed by atoms with Crippen LogP contribution in [0.5, 0.6) is 0 Å². The van der Waals surface area contributed by atoms with Gasteiger partial charge in [-0.2, -0.15) is 5.10 Å². The maximum atomic E-state index is 12.1. The molecule has 108 valence electrons. The number of carbonyl (C=O) groups is 1. The van der Waals surface area contributed by atoms with Gasteiger partial charge in [-0.1, -0.05) is 12.8 Å². The van der Waals surface area contributed by atoms with Crippen LogP contribution in [0.25, 0.3) is 0 Å². The first kappa shape index (κ1) is 15.9. The minimum absolute atomic E-state index is 0. The molecule has 1 aromatic heterocycles. The molecule has 6 nitrogen and oxygen atoms in total. The fraction of sp³-hybridized carbons (Fsp3) is 0.750. The van der Waals surface area contributed by atoms with Crippen LogP contribution in [-0.4, -0.2) is 32.8 Å². The van der Waals surface area contributed by atoms with Gasteiger partial charge in [-0.25, -0.2) is 4.98 Å². The Balaban J connectivity index is 0.00000180. The number of rotatable bonds is 4. The summed E-state index contributed by atoms with van der Waals surface area (Å²) >= 11 is 0. The third-order valence-electron chi connectivity index (χ3n) is 3.68. The first-order chi connectivity index (χ1) is 8.59. The molecule has 2 rings (SSSR count). The number of amides is 1. The molecule has 0 radical (unpaired) electrons. The summed E-state index contributed by atoms with van der Waals surface area (Å²) in [6.45, 7) is 3.18. The van der Waals surface area contributed by atoms with Gasteiger partial charge in [0.25, 0.3) is 0 Å². The van der Waals surface area contributed by atoms with E-state index in [1.807, 2.05) is 6.92 Å². The van der Waals surface area contributed by atoms with E-state index in [1.165, 1.54) is 6.33 Å². The lowest BCUT2D eigenvalue weighted by atomic mass is 9.74. The Bertz CT molecular complexity index is 393. The highest BCUT2D eigenvalue weighted by molar-refractivity contribution is 5.85. The van der Waals surface area contributed by atoms with Crippen LogP contribution in [0.15, 0.2) is 12.7 Å². The van der Waals surface area contributed by atoms with Crippen molar-refractivity contribution in [3.05, 3.63) is 12.7 Å². The van der Waals surface area contributed by atoms with Crippen molar-refractivity contribution < 1.29 is 4.79 Å². The van der Waals surface area contributed by atoms with Crippen molar-refractivity contribution in [1.82, 2.24) is 20.1 Å². The first-order valence-electron chi connectivity index (χ1n) is 6.48. The SMILES string of the molecule is CC1(N)CCCCC1C(=O)NCCn1cncn1.Cl. The number of halogens is 1. The molecule has 19 heavy (non-hydrogen) atoms. The third kappa shape index (κ3) is 4.18. The van der Waals surface area contributed by atoms with Crippen molar-refractivity contribution in [2.75, 3.05) is 6.54 Å². The maximum absolute atomic E-state index is 12.1. The second kappa shape index (κ2) is 6.86. The molecule has 0 saturated heterocycles. The second-order valence-corrected chi connectivity index (χ2v) is 5.25. The monoisotopic (exact) mass is 287 g/mol. The van der Waals surface area contributed by atoms with Crippen molar-refractivity contribution in [2.24, 2.45) is 11.7 Å². The average molecular weight is 288 g/mol. The summed E-state index contributed by atoms with van der Waals surface area (Å²) in [6.07, 6.45) is 7.15. The van der Waals surface area contributed by atoms with Gasteiger partial charge in [0.05, 0.1) is 12.5 Å². The van der Waals surface area contributed by atoms with E-state index in [-0.39, 0.29) is 29.8 Å². The third-order valence-corrected chi connectivity index (χ3v) is 3.68. The summed E-state index contributed by atoms with van der Waals surface area (Å²) < 4.78 is 1.70. The molecular weight excluding hydrogens is 266 g/mol. The predicted octanol–water partition coefficient (Wildman–Crippen LogP) is 0.724. The molecule has 1 aromatic rings. The molecule has 1 aliphatic carbocycles. The van der Waals surface area contributed by atoms with Gasteiger partial charge in [0, 0.05) is 12.1 Å². The second-order valence-electron chi connectivity index (χ2n) is 5.25. The summed E-state index contributed by atoms with van der Waals surface area (Å²) in [5.74, 6) is 0.00168. The van der Waals surface area contributed by atoms with Gasteiger partial charge >= 0.3 is 0 Å². The molecule has 3 N–H and O–H groups in total. The molecule has 0 aromatic carbocycles. The van der Waals surface area contributed by atoms with Crippen LogP contribution in [0.1, 0.15) is 32.6 Å². The molecule has 0 bridgehead atoms. The molecule has 1 saturated carbocycles. The Morgan fingerprint density at radius 3 is 3.00 bits per heavy atom. The standard InChI is InChI=1S/C12H21N5O.ClH/c1-12(13)5-3-2-4-10(12)11(18)15-6-7-17-9-14-8-16-17;/h8-10H,2-7,13H2,1H3,(H,15,18);1H. The van der Waals surface area contributed by atoms with Crippen molar-refractivity contribution in [3.8, 4) is 0 Å². The van der Waals surface area contributed by atoms with Crippen LogP contribution in [0, 0.1) is 5.92 Å². The van der Waals surface area contributed by atoms with E-state index in [0.717, 1.165) is 25.7 Å². The molecule has 1 aliphatic rings. The first-order valence-corrected chi connectivity index (χ1v) is 6.48. The Morgan fingerprint density at radius 2 is 2.37 bits per heavy atom. The van der Waals surface area contributed by atoms with E-state index in [0.29, 0.717) is 13.1 Å². The minimum Gasteiger partial charge on any atom is -0.354 e. The van der Waals surface area contributed by atoms with Gasteiger partial charge < -0.3 is 11.1 Å². The van der Waals surface area contributed by atoms with Crippen molar-refractivity contribution in [1.29, 1.82) is 0 Å². The molecule has 2 atom stereocenters. The lowest BCUT2D eigenvalue weighted by molar-refractivity contribution is -0.128. The van der Waals surface area contributed by atoms with E-state index < -0.39 is 0 Å². The molecule has 1 amide bonds. The Labute approximate surface area is 119 Å². The number of aromatic nitrogens is 3. The van der Waals surface area contributed by atoms with Crippen LogP contribution < -0.4 is 11.1 Å². The van der Waals surface area contributed by atoms with E-state index >= 15 is 0 Å². The van der Waals surface area contributed by atoms with Gasteiger partial charge in [0.15, 0.2) is 0 Å². The molecule has 0 spiro atoms. The van der Waals surface area contributed by atoms with Crippen LogP contribution in [0.2, 0.25) is 0 Å². The zero-order valence-electron chi connectivity index (χ0n) is 11.2.